The molecular formula is C18H26N2O4. The van der Waals surface area contributed by atoms with Gasteiger partial charge in [0, 0.05) is 6.54 Å². The number of aromatic nitrogens is 1. The van der Waals surface area contributed by atoms with Gasteiger partial charge < -0.3 is 14.6 Å². The standard InChI is InChI=1S/C18H26N2O4/c1-4-15-16(12(2)24-20-15)18(22)23-13(3)17(21)19-11-10-14-8-6-5-7-9-14/h8,13H,4-7,9-11H2,1-3H3,(H,19,21). The number of nitrogens with one attached hydrogen (secondary N) is 1. The highest BCUT2D eigenvalue weighted by molar-refractivity contribution is 5.93. The number of rotatable bonds is 7. The van der Waals surface area contributed by atoms with Crippen LogP contribution in [0.1, 0.15) is 67.8 Å². The monoisotopic (exact) mass is 334 g/mol. The summed E-state index contributed by atoms with van der Waals surface area (Å²) >= 11 is 0. The van der Waals surface area contributed by atoms with Gasteiger partial charge >= 0.3 is 5.97 Å². The van der Waals surface area contributed by atoms with Gasteiger partial charge in [-0.25, -0.2) is 4.79 Å². The summed E-state index contributed by atoms with van der Waals surface area (Å²) in [5.41, 5.74) is 2.28. The number of aryl methyl sites for hydroxylation is 2. The second kappa shape index (κ2) is 8.66. The van der Waals surface area contributed by atoms with Crippen molar-refractivity contribution >= 4 is 11.9 Å². The first kappa shape index (κ1) is 18.2. The van der Waals surface area contributed by atoms with Crippen LogP contribution >= 0.6 is 0 Å². The molecule has 1 heterocycles. The minimum atomic E-state index is -0.850. The number of hydrogen-bond acceptors (Lipinski definition) is 5. The molecule has 0 aromatic carbocycles. The van der Waals surface area contributed by atoms with Gasteiger partial charge in [0.1, 0.15) is 11.3 Å². The van der Waals surface area contributed by atoms with Crippen molar-refractivity contribution in [2.45, 2.75) is 65.4 Å². The van der Waals surface area contributed by atoms with E-state index in [2.05, 4.69) is 16.5 Å². The van der Waals surface area contributed by atoms with E-state index in [1.54, 1.807) is 13.8 Å². The van der Waals surface area contributed by atoms with Crippen molar-refractivity contribution in [1.82, 2.24) is 10.5 Å². The van der Waals surface area contributed by atoms with Crippen molar-refractivity contribution in [3.05, 3.63) is 28.7 Å². The number of esters is 1. The predicted octanol–water partition coefficient (Wildman–Crippen LogP) is 3.10. The lowest BCUT2D eigenvalue weighted by Crippen LogP contribution is -2.36. The maximum absolute atomic E-state index is 12.2. The molecule has 0 aliphatic heterocycles. The molecule has 6 heteroatoms. The van der Waals surface area contributed by atoms with Crippen LogP contribution in [0.3, 0.4) is 0 Å². The van der Waals surface area contributed by atoms with Gasteiger partial charge in [-0.3, -0.25) is 4.79 Å². The first-order chi connectivity index (χ1) is 11.5. The molecule has 0 fully saturated rings. The Kier molecular flexibility index (Phi) is 6.58. The summed E-state index contributed by atoms with van der Waals surface area (Å²) in [6, 6.07) is 0. The quantitative estimate of drug-likeness (QED) is 0.612. The van der Waals surface area contributed by atoms with Gasteiger partial charge in [0.05, 0.1) is 5.69 Å². The van der Waals surface area contributed by atoms with Crippen molar-refractivity contribution < 1.29 is 18.8 Å². The van der Waals surface area contributed by atoms with Crippen LogP contribution < -0.4 is 5.32 Å². The maximum atomic E-state index is 12.2. The van der Waals surface area contributed by atoms with E-state index in [0.29, 0.717) is 30.0 Å². The zero-order valence-corrected chi connectivity index (χ0v) is 14.7. The Morgan fingerprint density at radius 2 is 2.21 bits per heavy atom. The highest BCUT2D eigenvalue weighted by Crippen LogP contribution is 2.19. The summed E-state index contributed by atoms with van der Waals surface area (Å²) in [6.45, 7) is 5.68. The second-order valence-electron chi connectivity index (χ2n) is 6.11. The lowest BCUT2D eigenvalue weighted by Gasteiger charge is -2.15. The number of carbonyl (C=O) groups excluding carboxylic acids is 2. The SMILES string of the molecule is CCc1noc(C)c1C(=O)OC(C)C(=O)NCCC1=CCCCC1. The van der Waals surface area contributed by atoms with Crippen molar-refractivity contribution in [2.24, 2.45) is 0 Å². The third-order valence-electron chi connectivity index (χ3n) is 4.26. The number of nitrogens with zero attached hydrogens (tertiary/aromatic N) is 1. The zero-order chi connectivity index (χ0) is 17.5. The second-order valence-corrected chi connectivity index (χ2v) is 6.11. The van der Waals surface area contributed by atoms with Gasteiger partial charge in [0.15, 0.2) is 6.10 Å². The van der Waals surface area contributed by atoms with Gasteiger partial charge in [-0.05, 0) is 52.4 Å². The summed E-state index contributed by atoms with van der Waals surface area (Å²) in [5.74, 6) is -0.441. The molecule has 0 saturated carbocycles. The van der Waals surface area contributed by atoms with E-state index in [0.717, 1.165) is 19.3 Å². The highest BCUT2D eigenvalue weighted by Gasteiger charge is 2.25. The summed E-state index contributed by atoms with van der Waals surface area (Å²) in [5, 5.41) is 6.65. The van der Waals surface area contributed by atoms with E-state index in [9.17, 15) is 9.59 Å². The third kappa shape index (κ3) is 4.69. The van der Waals surface area contributed by atoms with Gasteiger partial charge in [-0.1, -0.05) is 23.7 Å². The highest BCUT2D eigenvalue weighted by atomic mass is 16.5. The molecule has 1 aliphatic carbocycles. The Bertz CT molecular complexity index is 619. The Morgan fingerprint density at radius 3 is 2.88 bits per heavy atom. The van der Waals surface area contributed by atoms with Crippen LogP contribution in [-0.2, 0) is 16.0 Å². The Morgan fingerprint density at radius 1 is 1.42 bits per heavy atom. The molecule has 6 nitrogen and oxygen atoms in total. The van der Waals surface area contributed by atoms with Crippen molar-refractivity contribution in [3.63, 3.8) is 0 Å². The summed E-state index contributed by atoms with van der Waals surface area (Å²) < 4.78 is 10.3. The molecule has 132 valence electrons. The lowest BCUT2D eigenvalue weighted by atomic mass is 9.97. The van der Waals surface area contributed by atoms with Crippen LogP contribution in [0.2, 0.25) is 0 Å². The molecule has 0 radical (unpaired) electrons. The Hall–Kier alpha value is -2.11. The van der Waals surface area contributed by atoms with E-state index in [1.807, 2.05) is 6.92 Å². The molecule has 1 atom stereocenters. The number of allylic oxidation sites excluding steroid dienone is 1. The molecule has 1 unspecified atom stereocenters. The predicted molar refractivity (Wildman–Crippen MR) is 89.7 cm³/mol. The topological polar surface area (TPSA) is 81.4 Å². The van der Waals surface area contributed by atoms with Crippen molar-refractivity contribution in [1.29, 1.82) is 0 Å². The largest absolute Gasteiger partial charge is 0.449 e. The van der Waals surface area contributed by atoms with E-state index < -0.39 is 12.1 Å². The van der Waals surface area contributed by atoms with Crippen LogP contribution in [0, 0.1) is 6.92 Å². The maximum Gasteiger partial charge on any atom is 0.344 e. The smallest absolute Gasteiger partial charge is 0.344 e. The third-order valence-corrected chi connectivity index (χ3v) is 4.26. The van der Waals surface area contributed by atoms with Crippen molar-refractivity contribution in [3.8, 4) is 0 Å². The van der Waals surface area contributed by atoms with Gasteiger partial charge in [0.2, 0.25) is 0 Å². The van der Waals surface area contributed by atoms with E-state index in [-0.39, 0.29) is 5.91 Å². The molecule has 0 bridgehead atoms. The molecule has 24 heavy (non-hydrogen) atoms. The lowest BCUT2D eigenvalue weighted by molar-refractivity contribution is -0.129. The van der Waals surface area contributed by atoms with Crippen LogP contribution in [0.4, 0.5) is 0 Å². The molecule has 2 rings (SSSR count). The number of carbonyl (C=O) groups is 2. The van der Waals surface area contributed by atoms with Crippen LogP contribution in [0.25, 0.3) is 0 Å². The fourth-order valence-corrected chi connectivity index (χ4v) is 2.82. The first-order valence-electron chi connectivity index (χ1n) is 8.64. The normalized spacial score (nSPS) is 15.5. The van der Waals surface area contributed by atoms with Crippen LogP contribution in [0.15, 0.2) is 16.2 Å². The summed E-state index contributed by atoms with van der Waals surface area (Å²) in [4.78, 5) is 24.3. The molecular weight excluding hydrogens is 308 g/mol. The average Bonchev–Trinajstić information content (AvgIpc) is 2.96. The van der Waals surface area contributed by atoms with E-state index in [4.69, 9.17) is 9.26 Å². The number of hydrogen-bond donors (Lipinski definition) is 1. The Balaban J connectivity index is 1.81. The molecule has 1 N–H and O–H groups in total. The molecule has 1 aromatic rings. The first-order valence-corrected chi connectivity index (χ1v) is 8.64. The van der Waals surface area contributed by atoms with Gasteiger partial charge in [0.25, 0.3) is 5.91 Å². The fourth-order valence-electron chi connectivity index (χ4n) is 2.82. The summed E-state index contributed by atoms with van der Waals surface area (Å²) in [7, 11) is 0. The average molecular weight is 334 g/mol. The van der Waals surface area contributed by atoms with E-state index >= 15 is 0 Å². The minimum absolute atomic E-state index is 0.285. The van der Waals surface area contributed by atoms with Gasteiger partial charge in [-0.2, -0.15) is 0 Å². The van der Waals surface area contributed by atoms with Crippen LogP contribution in [0.5, 0.6) is 0 Å². The number of ether oxygens (including phenoxy) is 1. The molecule has 1 amide bonds. The zero-order valence-electron chi connectivity index (χ0n) is 14.7. The Labute approximate surface area is 142 Å². The van der Waals surface area contributed by atoms with Crippen molar-refractivity contribution in [2.75, 3.05) is 6.54 Å². The van der Waals surface area contributed by atoms with E-state index in [1.165, 1.54) is 18.4 Å². The van der Waals surface area contributed by atoms with Crippen LogP contribution in [-0.4, -0.2) is 29.7 Å². The molecule has 1 aliphatic rings. The summed E-state index contributed by atoms with van der Waals surface area (Å²) in [6.07, 6.45) is 7.57. The molecule has 0 spiro atoms. The minimum Gasteiger partial charge on any atom is -0.449 e. The molecule has 0 saturated heterocycles. The number of amides is 1. The molecule has 1 aromatic heterocycles. The van der Waals surface area contributed by atoms with Gasteiger partial charge in [-0.15, -0.1) is 0 Å². The fraction of sp³-hybridized carbons (Fsp3) is 0.611.